The summed E-state index contributed by atoms with van der Waals surface area (Å²) in [5.74, 6) is 1.53. The topological polar surface area (TPSA) is 50.8 Å². The van der Waals surface area contributed by atoms with Gasteiger partial charge in [-0.3, -0.25) is 0 Å². The van der Waals surface area contributed by atoms with Gasteiger partial charge in [0.15, 0.2) is 5.65 Å². The molecule has 0 aliphatic rings. The van der Waals surface area contributed by atoms with Crippen LogP contribution >= 0.6 is 15.9 Å². The summed E-state index contributed by atoms with van der Waals surface area (Å²) in [5.41, 5.74) is 3.73. The lowest BCUT2D eigenvalue weighted by molar-refractivity contribution is 0.416. The monoisotopic (exact) mass is 317 g/mol. The van der Waals surface area contributed by atoms with Gasteiger partial charge in [-0.2, -0.15) is 0 Å². The van der Waals surface area contributed by atoms with E-state index in [1.165, 1.54) is 0 Å². The summed E-state index contributed by atoms with van der Waals surface area (Å²) in [7, 11) is 1.65. The van der Waals surface area contributed by atoms with E-state index in [2.05, 4.69) is 30.9 Å². The number of nitrogens with zero attached hydrogens (tertiary/aromatic N) is 2. The Hall–Kier alpha value is -1.88. The van der Waals surface area contributed by atoms with Crippen molar-refractivity contribution in [2.45, 2.75) is 6.92 Å². The van der Waals surface area contributed by atoms with Gasteiger partial charge in [-0.05, 0) is 36.8 Å². The maximum atomic E-state index is 5.40. The van der Waals surface area contributed by atoms with Crippen LogP contribution in [-0.4, -0.2) is 22.1 Å². The fourth-order valence-electron chi connectivity index (χ4n) is 2.02. The van der Waals surface area contributed by atoms with Crippen molar-refractivity contribution >= 4 is 27.1 Å². The quantitative estimate of drug-likeness (QED) is 0.784. The Morgan fingerprint density at radius 2 is 2.11 bits per heavy atom. The third-order valence-corrected chi connectivity index (χ3v) is 3.51. The molecule has 0 aliphatic heterocycles. The molecule has 0 atom stereocenters. The van der Waals surface area contributed by atoms with Crippen molar-refractivity contribution in [2.24, 2.45) is 0 Å². The molecule has 0 fully saturated rings. The fraction of sp³-hybridized carbons (Fsp3) is 0.143. The normalized spacial score (nSPS) is 10.9. The number of hydrogen-bond acceptors (Lipinski definition) is 3. The van der Waals surface area contributed by atoms with Gasteiger partial charge < -0.3 is 9.72 Å². The van der Waals surface area contributed by atoms with Crippen molar-refractivity contribution in [3.8, 4) is 17.1 Å². The first kappa shape index (κ1) is 12.2. The molecule has 1 N–H and O–H groups in total. The number of methoxy groups -OCH3 is 1. The number of nitrogens with one attached hydrogen (secondary N) is 1. The van der Waals surface area contributed by atoms with Crippen molar-refractivity contribution in [1.29, 1.82) is 0 Å². The van der Waals surface area contributed by atoms with E-state index in [0.29, 0.717) is 0 Å². The Balaban J connectivity index is 2.22. The highest BCUT2D eigenvalue weighted by atomic mass is 79.9. The van der Waals surface area contributed by atoms with Gasteiger partial charge in [0.1, 0.15) is 11.6 Å². The third kappa shape index (κ3) is 2.10. The van der Waals surface area contributed by atoms with Crippen LogP contribution in [0.15, 0.2) is 34.9 Å². The molecule has 3 aromatic rings. The molecule has 0 saturated carbocycles. The number of imidazole rings is 1. The van der Waals surface area contributed by atoms with Gasteiger partial charge in [-0.15, -0.1) is 0 Å². The van der Waals surface area contributed by atoms with Crippen LogP contribution < -0.4 is 4.74 Å². The summed E-state index contributed by atoms with van der Waals surface area (Å²) in [6.07, 6.45) is 1.76. The van der Waals surface area contributed by atoms with Crippen LogP contribution in [0, 0.1) is 6.92 Å². The fourth-order valence-corrected chi connectivity index (χ4v) is 2.36. The molecular weight excluding hydrogens is 306 g/mol. The summed E-state index contributed by atoms with van der Waals surface area (Å²) in [6.45, 7) is 2.03. The van der Waals surface area contributed by atoms with Crippen LogP contribution in [0.1, 0.15) is 5.56 Å². The highest BCUT2D eigenvalue weighted by Gasteiger charge is 2.12. The molecule has 0 saturated heterocycles. The number of rotatable bonds is 2. The second-order valence-electron chi connectivity index (χ2n) is 4.26. The number of aromatic amines is 1. The predicted molar refractivity (Wildman–Crippen MR) is 78.3 cm³/mol. The van der Waals surface area contributed by atoms with E-state index in [4.69, 9.17) is 4.74 Å². The molecule has 0 spiro atoms. The number of H-pyrrole nitrogens is 1. The summed E-state index contributed by atoms with van der Waals surface area (Å²) in [5, 5.41) is 0. The average Bonchev–Trinajstić information content (AvgIpc) is 2.83. The second kappa shape index (κ2) is 4.66. The molecule has 4 nitrogen and oxygen atoms in total. The number of halogens is 1. The largest absolute Gasteiger partial charge is 0.496 e. The van der Waals surface area contributed by atoms with Gasteiger partial charge in [-0.1, -0.05) is 15.9 Å². The first-order chi connectivity index (χ1) is 9.19. The number of hydrogen-bond donors (Lipinski definition) is 1. The summed E-state index contributed by atoms with van der Waals surface area (Å²) in [6, 6.07) is 7.81. The number of ether oxygens (including phenoxy) is 1. The van der Waals surface area contributed by atoms with E-state index < -0.39 is 0 Å². The lowest BCUT2D eigenvalue weighted by Gasteiger charge is -2.06. The molecule has 5 heteroatoms. The summed E-state index contributed by atoms with van der Waals surface area (Å²) < 4.78 is 6.37. The van der Waals surface area contributed by atoms with E-state index in [1.807, 2.05) is 31.2 Å². The zero-order valence-corrected chi connectivity index (χ0v) is 12.2. The molecule has 19 heavy (non-hydrogen) atoms. The zero-order chi connectivity index (χ0) is 13.4. The van der Waals surface area contributed by atoms with E-state index in [9.17, 15) is 0 Å². The van der Waals surface area contributed by atoms with Crippen LogP contribution in [0.5, 0.6) is 5.75 Å². The van der Waals surface area contributed by atoms with E-state index in [0.717, 1.165) is 38.3 Å². The number of benzene rings is 1. The first-order valence-electron chi connectivity index (χ1n) is 5.84. The van der Waals surface area contributed by atoms with Crippen LogP contribution in [-0.2, 0) is 0 Å². The van der Waals surface area contributed by atoms with E-state index in [1.54, 1.807) is 13.3 Å². The van der Waals surface area contributed by atoms with Crippen molar-refractivity contribution in [3.63, 3.8) is 0 Å². The average molecular weight is 318 g/mol. The molecule has 0 bridgehead atoms. The molecule has 2 aromatic heterocycles. The zero-order valence-electron chi connectivity index (χ0n) is 10.6. The standard InChI is InChI=1S/C14H12BrN3O/c1-8-5-6-16-14-12(8)17-13(18-14)10-4-3-9(15)7-11(10)19-2/h3-7H,1-2H3,(H,16,17,18). The Labute approximate surface area is 119 Å². The minimum atomic E-state index is 0.722. The molecule has 3 rings (SSSR count). The molecule has 0 unspecified atom stereocenters. The number of pyridine rings is 1. The smallest absolute Gasteiger partial charge is 0.178 e. The molecular formula is C14H12BrN3O. The van der Waals surface area contributed by atoms with Gasteiger partial charge in [0, 0.05) is 10.7 Å². The molecule has 2 heterocycles. The lowest BCUT2D eigenvalue weighted by Crippen LogP contribution is -1.89. The molecule has 1 aromatic carbocycles. The van der Waals surface area contributed by atoms with Crippen molar-refractivity contribution in [1.82, 2.24) is 15.0 Å². The molecule has 96 valence electrons. The highest BCUT2D eigenvalue weighted by molar-refractivity contribution is 9.10. The van der Waals surface area contributed by atoms with Gasteiger partial charge in [0.2, 0.25) is 0 Å². The minimum Gasteiger partial charge on any atom is -0.496 e. The van der Waals surface area contributed by atoms with Crippen LogP contribution in [0.3, 0.4) is 0 Å². The van der Waals surface area contributed by atoms with Crippen molar-refractivity contribution in [2.75, 3.05) is 7.11 Å². The van der Waals surface area contributed by atoms with Gasteiger partial charge in [0.05, 0.1) is 18.2 Å². The van der Waals surface area contributed by atoms with E-state index in [-0.39, 0.29) is 0 Å². The molecule has 0 amide bonds. The molecule has 0 radical (unpaired) electrons. The Morgan fingerprint density at radius 3 is 2.84 bits per heavy atom. The minimum absolute atomic E-state index is 0.722. The highest BCUT2D eigenvalue weighted by Crippen LogP contribution is 2.31. The van der Waals surface area contributed by atoms with E-state index >= 15 is 0 Å². The number of fused-ring (bicyclic) bond motifs is 1. The number of aromatic nitrogens is 3. The van der Waals surface area contributed by atoms with Crippen molar-refractivity contribution in [3.05, 3.63) is 40.5 Å². The third-order valence-electron chi connectivity index (χ3n) is 3.02. The Kier molecular flexibility index (Phi) is 2.98. The maximum Gasteiger partial charge on any atom is 0.178 e. The lowest BCUT2D eigenvalue weighted by atomic mass is 10.2. The second-order valence-corrected chi connectivity index (χ2v) is 5.17. The van der Waals surface area contributed by atoms with Crippen LogP contribution in [0.4, 0.5) is 0 Å². The van der Waals surface area contributed by atoms with Crippen LogP contribution in [0.2, 0.25) is 0 Å². The summed E-state index contributed by atoms with van der Waals surface area (Å²) in [4.78, 5) is 12.1. The van der Waals surface area contributed by atoms with Crippen LogP contribution in [0.25, 0.3) is 22.6 Å². The Morgan fingerprint density at radius 1 is 1.26 bits per heavy atom. The maximum absolute atomic E-state index is 5.40. The van der Waals surface area contributed by atoms with Gasteiger partial charge in [0.25, 0.3) is 0 Å². The SMILES string of the molecule is COc1cc(Br)ccc1-c1nc2nccc(C)c2[nH]1. The number of aryl methyl sites for hydroxylation is 1. The predicted octanol–water partition coefficient (Wildman–Crippen LogP) is 3.70. The first-order valence-corrected chi connectivity index (χ1v) is 6.63. The van der Waals surface area contributed by atoms with Gasteiger partial charge in [-0.25, -0.2) is 9.97 Å². The van der Waals surface area contributed by atoms with Crippen molar-refractivity contribution < 1.29 is 4.74 Å². The van der Waals surface area contributed by atoms with Gasteiger partial charge >= 0.3 is 0 Å². The summed E-state index contributed by atoms with van der Waals surface area (Å²) >= 11 is 3.43. The Bertz CT molecular complexity index is 752. The molecule has 0 aliphatic carbocycles.